The van der Waals surface area contributed by atoms with Gasteiger partial charge < -0.3 is 14.7 Å². The van der Waals surface area contributed by atoms with Gasteiger partial charge in [-0.15, -0.1) is 0 Å². The number of benzene rings is 1. The van der Waals surface area contributed by atoms with E-state index >= 15 is 0 Å². The van der Waals surface area contributed by atoms with Crippen LogP contribution in [0.2, 0.25) is 5.02 Å². The Morgan fingerprint density at radius 2 is 2.12 bits per heavy atom. The molecule has 0 aliphatic carbocycles. The van der Waals surface area contributed by atoms with E-state index in [2.05, 4.69) is 0 Å². The highest BCUT2D eigenvalue weighted by Crippen LogP contribution is 2.28. The van der Waals surface area contributed by atoms with Crippen molar-refractivity contribution >= 4 is 17.6 Å². The third-order valence-electron chi connectivity index (χ3n) is 2.39. The van der Waals surface area contributed by atoms with Crippen molar-refractivity contribution in [3.8, 4) is 5.75 Å². The van der Waals surface area contributed by atoms with Gasteiger partial charge in [-0.1, -0.05) is 11.6 Å². The number of carboxylic acids is 1. The Bertz CT molecular complexity index is 418. The van der Waals surface area contributed by atoms with E-state index in [1.165, 1.54) is 13.2 Å². The van der Waals surface area contributed by atoms with E-state index in [4.69, 9.17) is 21.4 Å². The zero-order chi connectivity index (χ0) is 13.0. The molecule has 1 aromatic rings. The van der Waals surface area contributed by atoms with Crippen molar-refractivity contribution < 1.29 is 14.6 Å². The maximum absolute atomic E-state index is 11.1. The van der Waals surface area contributed by atoms with Gasteiger partial charge in [0.2, 0.25) is 0 Å². The summed E-state index contributed by atoms with van der Waals surface area (Å²) in [4.78, 5) is 13.1. The van der Waals surface area contributed by atoms with Gasteiger partial charge in [-0.3, -0.25) is 0 Å². The standard InChI is InChI=1S/C12H16ClNO3/c1-14(2)5-4-8-6-9(13)7-10(12(15)16)11(8)17-3/h6-7H,4-5H2,1-3H3,(H,15,16). The predicted octanol–water partition coefficient (Wildman–Crippen LogP) is 2.15. The van der Waals surface area contributed by atoms with Crippen LogP contribution >= 0.6 is 11.6 Å². The lowest BCUT2D eigenvalue weighted by Gasteiger charge is -2.14. The van der Waals surface area contributed by atoms with Crippen molar-refractivity contribution in [1.29, 1.82) is 0 Å². The molecule has 1 aromatic carbocycles. The molecule has 0 spiro atoms. The Balaban J connectivity index is 3.14. The normalized spacial score (nSPS) is 10.6. The van der Waals surface area contributed by atoms with Gasteiger partial charge in [0.05, 0.1) is 7.11 Å². The SMILES string of the molecule is COc1c(CCN(C)C)cc(Cl)cc1C(=O)O. The summed E-state index contributed by atoms with van der Waals surface area (Å²) in [6, 6.07) is 3.15. The van der Waals surface area contributed by atoms with Crippen molar-refractivity contribution in [2.45, 2.75) is 6.42 Å². The van der Waals surface area contributed by atoms with E-state index in [1.54, 1.807) is 6.07 Å². The Morgan fingerprint density at radius 1 is 1.47 bits per heavy atom. The largest absolute Gasteiger partial charge is 0.496 e. The maximum atomic E-state index is 11.1. The van der Waals surface area contributed by atoms with Gasteiger partial charge in [0, 0.05) is 11.6 Å². The molecule has 0 atom stereocenters. The molecule has 5 heteroatoms. The Hall–Kier alpha value is -1.26. The third kappa shape index (κ3) is 3.61. The molecule has 0 fully saturated rings. The first kappa shape index (κ1) is 13.8. The van der Waals surface area contributed by atoms with Crippen molar-refractivity contribution in [2.24, 2.45) is 0 Å². The van der Waals surface area contributed by atoms with Crippen molar-refractivity contribution in [1.82, 2.24) is 4.90 Å². The number of halogens is 1. The van der Waals surface area contributed by atoms with E-state index in [-0.39, 0.29) is 5.56 Å². The summed E-state index contributed by atoms with van der Waals surface area (Å²) >= 11 is 5.91. The summed E-state index contributed by atoms with van der Waals surface area (Å²) in [5.74, 6) is -0.640. The Labute approximate surface area is 106 Å². The average molecular weight is 258 g/mol. The van der Waals surface area contributed by atoms with Crippen LogP contribution in [-0.2, 0) is 6.42 Å². The summed E-state index contributed by atoms with van der Waals surface area (Å²) < 4.78 is 5.17. The molecule has 94 valence electrons. The molecule has 0 aromatic heterocycles. The molecule has 4 nitrogen and oxygen atoms in total. The number of hydrogen-bond donors (Lipinski definition) is 1. The van der Waals surface area contributed by atoms with E-state index in [0.717, 1.165) is 12.1 Å². The lowest BCUT2D eigenvalue weighted by Crippen LogP contribution is -2.16. The summed E-state index contributed by atoms with van der Waals surface area (Å²) in [5, 5.41) is 9.49. The number of nitrogens with zero attached hydrogens (tertiary/aromatic N) is 1. The number of carboxylic acid groups (broad SMARTS) is 1. The minimum atomic E-state index is -1.03. The Morgan fingerprint density at radius 3 is 2.59 bits per heavy atom. The van der Waals surface area contributed by atoms with Crippen molar-refractivity contribution in [3.05, 3.63) is 28.3 Å². The molecule has 0 saturated heterocycles. The molecule has 0 bridgehead atoms. The van der Waals surface area contributed by atoms with Crippen LogP contribution in [0.4, 0.5) is 0 Å². The van der Waals surface area contributed by atoms with Gasteiger partial charge in [-0.25, -0.2) is 4.79 Å². The molecule has 0 amide bonds. The fraction of sp³-hybridized carbons (Fsp3) is 0.417. The van der Waals surface area contributed by atoms with Crippen LogP contribution in [0.3, 0.4) is 0 Å². The number of likely N-dealkylation sites (N-methyl/N-ethyl adjacent to an activating group) is 1. The van der Waals surface area contributed by atoms with Gasteiger partial charge in [0.1, 0.15) is 11.3 Å². The maximum Gasteiger partial charge on any atom is 0.339 e. The van der Waals surface area contributed by atoms with E-state index in [1.807, 2.05) is 19.0 Å². The third-order valence-corrected chi connectivity index (χ3v) is 2.61. The van der Waals surface area contributed by atoms with Crippen LogP contribution in [0.15, 0.2) is 12.1 Å². The van der Waals surface area contributed by atoms with Crippen LogP contribution in [-0.4, -0.2) is 43.7 Å². The molecule has 0 heterocycles. The van der Waals surface area contributed by atoms with Crippen LogP contribution in [0.1, 0.15) is 15.9 Å². The number of hydrogen-bond acceptors (Lipinski definition) is 3. The van der Waals surface area contributed by atoms with Crippen molar-refractivity contribution in [2.75, 3.05) is 27.7 Å². The highest BCUT2D eigenvalue weighted by atomic mass is 35.5. The lowest BCUT2D eigenvalue weighted by molar-refractivity contribution is 0.0693. The van der Waals surface area contributed by atoms with E-state index in [9.17, 15) is 4.79 Å². The number of carbonyl (C=O) groups is 1. The highest BCUT2D eigenvalue weighted by Gasteiger charge is 2.16. The summed E-state index contributed by atoms with van der Waals surface area (Å²) in [6.45, 7) is 0.801. The Kier molecular flexibility index (Phi) is 4.78. The molecular weight excluding hydrogens is 242 g/mol. The number of rotatable bonds is 5. The van der Waals surface area contributed by atoms with E-state index < -0.39 is 5.97 Å². The molecule has 0 aliphatic heterocycles. The molecule has 17 heavy (non-hydrogen) atoms. The monoisotopic (exact) mass is 257 g/mol. The van der Waals surface area contributed by atoms with Crippen molar-refractivity contribution in [3.63, 3.8) is 0 Å². The van der Waals surface area contributed by atoms with Crippen LogP contribution < -0.4 is 4.74 Å². The molecule has 0 radical (unpaired) electrons. The molecule has 1 rings (SSSR count). The first-order valence-electron chi connectivity index (χ1n) is 5.20. The second-order valence-electron chi connectivity index (χ2n) is 4.00. The minimum absolute atomic E-state index is 0.105. The number of aromatic carboxylic acids is 1. The predicted molar refractivity (Wildman–Crippen MR) is 67.2 cm³/mol. The zero-order valence-electron chi connectivity index (χ0n) is 10.2. The van der Waals surface area contributed by atoms with Gasteiger partial charge in [0.25, 0.3) is 0 Å². The van der Waals surface area contributed by atoms with Crippen LogP contribution in [0.5, 0.6) is 5.75 Å². The zero-order valence-corrected chi connectivity index (χ0v) is 10.9. The second-order valence-corrected chi connectivity index (χ2v) is 4.44. The van der Waals surface area contributed by atoms with Gasteiger partial charge in [-0.05, 0) is 38.2 Å². The second kappa shape index (κ2) is 5.89. The fourth-order valence-electron chi connectivity index (χ4n) is 1.58. The van der Waals surface area contributed by atoms with Gasteiger partial charge in [-0.2, -0.15) is 0 Å². The lowest BCUT2D eigenvalue weighted by atomic mass is 10.1. The highest BCUT2D eigenvalue weighted by molar-refractivity contribution is 6.31. The first-order valence-corrected chi connectivity index (χ1v) is 5.58. The molecular formula is C12H16ClNO3. The summed E-state index contributed by atoms with van der Waals surface area (Å²) in [6.07, 6.45) is 0.691. The quantitative estimate of drug-likeness (QED) is 0.878. The average Bonchev–Trinajstić information content (AvgIpc) is 2.25. The molecule has 1 N–H and O–H groups in total. The smallest absolute Gasteiger partial charge is 0.339 e. The summed E-state index contributed by atoms with van der Waals surface area (Å²) in [7, 11) is 5.37. The summed E-state index contributed by atoms with van der Waals surface area (Å²) in [5.41, 5.74) is 0.917. The first-order chi connectivity index (χ1) is 7.95. The molecule has 0 saturated carbocycles. The molecule has 0 aliphatic rings. The minimum Gasteiger partial charge on any atom is -0.496 e. The number of ether oxygens (including phenoxy) is 1. The van der Waals surface area contributed by atoms with E-state index in [0.29, 0.717) is 17.2 Å². The van der Waals surface area contributed by atoms with Gasteiger partial charge in [0.15, 0.2) is 0 Å². The van der Waals surface area contributed by atoms with Crippen LogP contribution in [0, 0.1) is 0 Å². The number of methoxy groups -OCH3 is 1. The van der Waals surface area contributed by atoms with Crippen LogP contribution in [0.25, 0.3) is 0 Å². The van der Waals surface area contributed by atoms with Gasteiger partial charge >= 0.3 is 5.97 Å². The molecule has 0 unspecified atom stereocenters. The topological polar surface area (TPSA) is 49.8 Å². The fourth-order valence-corrected chi connectivity index (χ4v) is 1.82.